The fourth-order valence-corrected chi connectivity index (χ4v) is 6.91. The van der Waals surface area contributed by atoms with Crippen LogP contribution in [0.15, 0.2) is 0 Å². The monoisotopic (exact) mass is 265 g/mol. The van der Waals surface area contributed by atoms with Crippen LogP contribution in [0, 0.1) is 29.1 Å². The van der Waals surface area contributed by atoms with Crippen LogP contribution in [0.4, 0.5) is 0 Å². The number of nitrogens with one attached hydrogen (secondary N) is 1. The first-order valence-electron chi connectivity index (χ1n) is 8.10. The van der Waals surface area contributed by atoms with Gasteiger partial charge in [-0.2, -0.15) is 11.8 Å². The van der Waals surface area contributed by atoms with E-state index in [0.717, 1.165) is 29.1 Å². The van der Waals surface area contributed by atoms with Crippen LogP contribution in [0.5, 0.6) is 0 Å². The summed E-state index contributed by atoms with van der Waals surface area (Å²) in [5.74, 6) is 7.26. The van der Waals surface area contributed by atoms with E-state index in [2.05, 4.69) is 17.1 Å². The van der Waals surface area contributed by atoms with E-state index < -0.39 is 0 Å². The summed E-state index contributed by atoms with van der Waals surface area (Å²) in [6, 6.07) is 0. The molecule has 4 bridgehead atoms. The standard InChI is InChI=1S/C16H27NS/c1(2-18-11-15-9-17-10-15)16-6-12-3-13(7-16)5-14(4-12)8-16/h12-15,17H,1-11H2. The topological polar surface area (TPSA) is 12.0 Å². The number of hydrogen-bond acceptors (Lipinski definition) is 2. The van der Waals surface area contributed by atoms with Gasteiger partial charge >= 0.3 is 0 Å². The van der Waals surface area contributed by atoms with Gasteiger partial charge < -0.3 is 5.32 Å². The lowest BCUT2D eigenvalue weighted by Crippen LogP contribution is -2.46. The van der Waals surface area contributed by atoms with Crippen LogP contribution >= 0.6 is 11.8 Å². The van der Waals surface area contributed by atoms with Gasteiger partial charge in [-0.15, -0.1) is 0 Å². The molecule has 0 aromatic heterocycles. The molecule has 18 heavy (non-hydrogen) atoms. The van der Waals surface area contributed by atoms with Crippen LogP contribution in [0.1, 0.15) is 44.9 Å². The molecule has 2 heteroatoms. The van der Waals surface area contributed by atoms with Crippen molar-refractivity contribution in [1.29, 1.82) is 0 Å². The van der Waals surface area contributed by atoms with Gasteiger partial charge in [0.1, 0.15) is 0 Å². The first-order chi connectivity index (χ1) is 8.81. The van der Waals surface area contributed by atoms with Crippen molar-refractivity contribution in [3.63, 3.8) is 0 Å². The molecule has 1 N–H and O–H groups in total. The molecule has 5 fully saturated rings. The SMILES string of the molecule is C(CC12CC3CC(CC(C3)C1)C2)SCC1CNC1. The second-order valence-corrected chi connectivity index (χ2v) is 8.92. The molecule has 4 saturated carbocycles. The molecule has 1 heterocycles. The molecule has 0 spiro atoms. The zero-order valence-corrected chi connectivity index (χ0v) is 12.3. The highest BCUT2D eigenvalue weighted by Crippen LogP contribution is 2.61. The first-order valence-corrected chi connectivity index (χ1v) is 9.25. The lowest BCUT2D eigenvalue weighted by molar-refractivity contribution is -0.0538. The highest BCUT2D eigenvalue weighted by atomic mass is 32.2. The summed E-state index contributed by atoms with van der Waals surface area (Å²) >= 11 is 2.25. The van der Waals surface area contributed by atoms with Crippen molar-refractivity contribution in [1.82, 2.24) is 5.32 Å². The molecule has 5 aliphatic rings. The third-order valence-electron chi connectivity index (χ3n) is 6.16. The van der Waals surface area contributed by atoms with Gasteiger partial charge in [0.05, 0.1) is 0 Å². The van der Waals surface area contributed by atoms with Gasteiger partial charge in [-0.25, -0.2) is 0 Å². The van der Waals surface area contributed by atoms with Gasteiger partial charge in [0, 0.05) is 0 Å². The van der Waals surface area contributed by atoms with Gasteiger partial charge in [-0.3, -0.25) is 0 Å². The van der Waals surface area contributed by atoms with Crippen LogP contribution in [0.3, 0.4) is 0 Å². The molecule has 0 atom stereocenters. The Balaban J connectivity index is 1.28. The lowest BCUT2D eigenvalue weighted by atomic mass is 9.49. The average Bonchev–Trinajstić information content (AvgIpc) is 2.24. The largest absolute Gasteiger partial charge is 0.316 e. The van der Waals surface area contributed by atoms with Crippen molar-refractivity contribution in [2.75, 3.05) is 24.6 Å². The van der Waals surface area contributed by atoms with E-state index in [4.69, 9.17) is 0 Å². The number of hydrogen-bond donors (Lipinski definition) is 1. The van der Waals surface area contributed by atoms with Crippen LogP contribution in [0.25, 0.3) is 0 Å². The van der Waals surface area contributed by atoms with Crippen molar-refractivity contribution in [2.24, 2.45) is 29.1 Å². The smallest absolute Gasteiger partial charge is 0.0000326 e. The van der Waals surface area contributed by atoms with E-state index in [1.807, 2.05) is 0 Å². The summed E-state index contributed by atoms with van der Waals surface area (Å²) in [5.41, 5.74) is 0.819. The van der Waals surface area contributed by atoms with Gasteiger partial charge in [-0.1, -0.05) is 0 Å². The maximum absolute atomic E-state index is 3.38. The second-order valence-electron chi connectivity index (χ2n) is 7.77. The van der Waals surface area contributed by atoms with Crippen molar-refractivity contribution in [3.8, 4) is 0 Å². The molecule has 1 nitrogen and oxygen atoms in total. The Labute approximate surface area is 116 Å². The zero-order valence-electron chi connectivity index (χ0n) is 11.5. The Kier molecular flexibility index (Phi) is 3.15. The van der Waals surface area contributed by atoms with Gasteiger partial charge in [-0.05, 0) is 98.6 Å². The maximum atomic E-state index is 3.38. The van der Waals surface area contributed by atoms with Crippen molar-refractivity contribution < 1.29 is 0 Å². The Hall–Kier alpha value is 0.310. The lowest BCUT2D eigenvalue weighted by Gasteiger charge is -2.57. The molecular weight excluding hydrogens is 238 g/mol. The highest BCUT2D eigenvalue weighted by Gasteiger charge is 2.50. The van der Waals surface area contributed by atoms with E-state index in [9.17, 15) is 0 Å². The minimum absolute atomic E-state index is 0.819. The number of thioether (sulfide) groups is 1. The third-order valence-corrected chi connectivity index (χ3v) is 7.36. The Morgan fingerprint density at radius 2 is 1.56 bits per heavy atom. The van der Waals surface area contributed by atoms with E-state index in [0.29, 0.717) is 0 Å². The zero-order chi connectivity index (χ0) is 12.0. The molecule has 102 valence electrons. The van der Waals surface area contributed by atoms with Gasteiger partial charge in [0.2, 0.25) is 0 Å². The quantitative estimate of drug-likeness (QED) is 0.763. The predicted molar refractivity (Wildman–Crippen MR) is 78.9 cm³/mol. The van der Waals surface area contributed by atoms with E-state index in [1.165, 1.54) is 24.6 Å². The van der Waals surface area contributed by atoms with Crippen molar-refractivity contribution in [3.05, 3.63) is 0 Å². The molecule has 0 unspecified atom stereocenters. The minimum Gasteiger partial charge on any atom is -0.316 e. The summed E-state index contributed by atoms with van der Waals surface area (Å²) < 4.78 is 0. The third kappa shape index (κ3) is 2.24. The Bertz CT molecular complexity index is 275. The molecule has 4 aliphatic carbocycles. The average molecular weight is 265 g/mol. The summed E-state index contributed by atoms with van der Waals surface area (Å²) in [4.78, 5) is 0. The molecule has 1 aliphatic heterocycles. The van der Waals surface area contributed by atoms with Crippen molar-refractivity contribution in [2.45, 2.75) is 44.9 Å². The van der Waals surface area contributed by atoms with Gasteiger partial charge in [0.25, 0.3) is 0 Å². The summed E-state index contributed by atoms with van der Waals surface area (Å²) in [7, 11) is 0. The Morgan fingerprint density at radius 1 is 0.944 bits per heavy atom. The fourth-order valence-electron chi connectivity index (χ4n) is 5.60. The predicted octanol–water partition coefficient (Wildman–Crippen LogP) is 3.55. The van der Waals surface area contributed by atoms with E-state index in [-0.39, 0.29) is 0 Å². The highest BCUT2D eigenvalue weighted by molar-refractivity contribution is 7.99. The molecule has 1 saturated heterocycles. The minimum atomic E-state index is 0.819. The number of rotatable bonds is 5. The molecular formula is C16H27NS. The molecule has 0 aromatic carbocycles. The second kappa shape index (κ2) is 4.70. The van der Waals surface area contributed by atoms with Crippen LogP contribution in [-0.4, -0.2) is 24.6 Å². The molecule has 0 amide bonds. The van der Waals surface area contributed by atoms with Gasteiger partial charge in [0.15, 0.2) is 0 Å². The summed E-state index contributed by atoms with van der Waals surface area (Å²) in [5, 5.41) is 3.38. The normalized spacial score (nSPS) is 46.3. The summed E-state index contributed by atoms with van der Waals surface area (Å²) in [6.45, 7) is 2.56. The van der Waals surface area contributed by atoms with Crippen molar-refractivity contribution >= 4 is 11.8 Å². The molecule has 0 aromatic rings. The van der Waals surface area contributed by atoms with Crippen LogP contribution in [-0.2, 0) is 0 Å². The van der Waals surface area contributed by atoms with E-state index >= 15 is 0 Å². The first kappa shape index (κ1) is 12.1. The molecule has 0 radical (unpaired) electrons. The summed E-state index contributed by atoms with van der Waals surface area (Å²) in [6.07, 6.45) is 11.1. The van der Waals surface area contributed by atoms with Crippen LogP contribution in [0.2, 0.25) is 0 Å². The Morgan fingerprint density at radius 3 is 2.06 bits per heavy atom. The molecule has 5 rings (SSSR count). The van der Waals surface area contributed by atoms with E-state index in [1.54, 1.807) is 44.9 Å². The maximum Gasteiger partial charge on any atom is -0.0000326 e. The fraction of sp³-hybridized carbons (Fsp3) is 1.00. The van der Waals surface area contributed by atoms with Crippen LogP contribution < -0.4 is 5.32 Å².